The van der Waals surface area contributed by atoms with Crippen molar-refractivity contribution in [1.82, 2.24) is 19.7 Å². The van der Waals surface area contributed by atoms with Crippen LogP contribution < -0.4 is 4.90 Å². The third-order valence-electron chi connectivity index (χ3n) is 3.84. The second-order valence-electron chi connectivity index (χ2n) is 5.13. The summed E-state index contributed by atoms with van der Waals surface area (Å²) in [6, 6.07) is 0. The molecule has 0 bridgehead atoms. The Labute approximate surface area is 117 Å². The minimum Gasteiger partial charge on any atom is -0.356 e. The van der Waals surface area contributed by atoms with Crippen molar-refractivity contribution < 1.29 is 0 Å². The van der Waals surface area contributed by atoms with E-state index in [0.29, 0.717) is 5.92 Å². The highest BCUT2D eigenvalue weighted by atomic mass is 35.5. The van der Waals surface area contributed by atoms with Crippen LogP contribution >= 0.6 is 11.6 Å². The van der Waals surface area contributed by atoms with Crippen LogP contribution in [0, 0.1) is 5.92 Å². The van der Waals surface area contributed by atoms with Crippen molar-refractivity contribution in [3.05, 3.63) is 12.5 Å². The van der Waals surface area contributed by atoms with E-state index < -0.39 is 0 Å². The zero-order valence-electron chi connectivity index (χ0n) is 11.1. The second-order valence-corrected chi connectivity index (χ2v) is 5.51. The van der Waals surface area contributed by atoms with Gasteiger partial charge in [-0.05, 0) is 25.2 Å². The Kier molecular flexibility index (Phi) is 3.55. The lowest BCUT2D eigenvalue weighted by atomic mass is 9.95. The predicted molar refractivity (Wildman–Crippen MR) is 76.6 cm³/mol. The van der Waals surface area contributed by atoms with E-state index >= 15 is 0 Å². The third kappa shape index (κ3) is 2.39. The Morgan fingerprint density at radius 1 is 1.42 bits per heavy atom. The first-order chi connectivity index (χ1) is 9.29. The number of hydrogen-bond donors (Lipinski definition) is 0. The van der Waals surface area contributed by atoms with Crippen LogP contribution in [-0.2, 0) is 7.05 Å². The molecule has 5 nitrogen and oxygen atoms in total. The quantitative estimate of drug-likeness (QED) is 0.808. The number of hydrogen-bond acceptors (Lipinski definition) is 4. The molecule has 0 N–H and O–H groups in total. The van der Waals surface area contributed by atoms with E-state index in [1.54, 1.807) is 11.0 Å². The van der Waals surface area contributed by atoms with E-state index in [4.69, 9.17) is 11.6 Å². The van der Waals surface area contributed by atoms with Crippen LogP contribution in [0.15, 0.2) is 12.5 Å². The first-order valence-electron chi connectivity index (χ1n) is 6.73. The molecule has 6 heteroatoms. The molecule has 102 valence electrons. The first-order valence-corrected chi connectivity index (χ1v) is 7.26. The lowest BCUT2D eigenvalue weighted by Gasteiger charge is -2.33. The number of rotatable bonds is 3. The number of fused-ring (bicyclic) bond motifs is 1. The van der Waals surface area contributed by atoms with Crippen molar-refractivity contribution in [2.45, 2.75) is 19.3 Å². The molecule has 1 aliphatic rings. The van der Waals surface area contributed by atoms with E-state index in [1.165, 1.54) is 12.8 Å². The molecule has 0 amide bonds. The Morgan fingerprint density at radius 3 is 3.16 bits per heavy atom. The van der Waals surface area contributed by atoms with E-state index in [-0.39, 0.29) is 0 Å². The molecule has 1 saturated heterocycles. The van der Waals surface area contributed by atoms with Crippen LogP contribution in [0.1, 0.15) is 19.3 Å². The number of piperidine rings is 1. The lowest BCUT2D eigenvalue weighted by Crippen LogP contribution is -2.36. The topological polar surface area (TPSA) is 46.8 Å². The minimum absolute atomic E-state index is 0.674. The van der Waals surface area contributed by atoms with Crippen LogP contribution in [0.25, 0.3) is 11.0 Å². The second kappa shape index (κ2) is 5.33. The van der Waals surface area contributed by atoms with Gasteiger partial charge in [0.1, 0.15) is 12.1 Å². The number of halogens is 1. The van der Waals surface area contributed by atoms with Gasteiger partial charge in [-0.2, -0.15) is 5.10 Å². The molecule has 3 rings (SSSR count). The molecule has 0 aromatic carbocycles. The summed E-state index contributed by atoms with van der Waals surface area (Å²) < 4.78 is 1.79. The smallest absolute Gasteiger partial charge is 0.163 e. The molecule has 0 saturated carbocycles. The Morgan fingerprint density at radius 2 is 2.32 bits per heavy atom. The van der Waals surface area contributed by atoms with Gasteiger partial charge in [-0.25, -0.2) is 9.97 Å². The Balaban J connectivity index is 1.91. The molecule has 19 heavy (non-hydrogen) atoms. The highest BCUT2D eigenvalue weighted by molar-refractivity contribution is 6.17. The van der Waals surface area contributed by atoms with Gasteiger partial charge in [0.15, 0.2) is 5.65 Å². The number of anilines is 1. The van der Waals surface area contributed by atoms with Gasteiger partial charge >= 0.3 is 0 Å². The molecular formula is C13H18ClN5. The van der Waals surface area contributed by atoms with Gasteiger partial charge in [-0.15, -0.1) is 11.6 Å². The van der Waals surface area contributed by atoms with Crippen molar-refractivity contribution in [3.63, 3.8) is 0 Å². The maximum atomic E-state index is 5.87. The number of nitrogens with zero attached hydrogens (tertiary/aromatic N) is 5. The Bertz CT molecular complexity index is 565. The van der Waals surface area contributed by atoms with Crippen molar-refractivity contribution >= 4 is 28.5 Å². The highest BCUT2D eigenvalue weighted by Crippen LogP contribution is 2.28. The van der Waals surface area contributed by atoms with Crippen molar-refractivity contribution in [2.75, 3.05) is 23.9 Å². The summed E-state index contributed by atoms with van der Waals surface area (Å²) in [4.78, 5) is 11.1. The molecule has 2 aromatic heterocycles. The summed E-state index contributed by atoms with van der Waals surface area (Å²) in [5, 5.41) is 5.31. The number of aryl methyl sites for hydroxylation is 1. The van der Waals surface area contributed by atoms with Crippen molar-refractivity contribution in [2.24, 2.45) is 13.0 Å². The van der Waals surface area contributed by atoms with E-state index in [0.717, 1.165) is 42.2 Å². The normalized spacial score (nSPS) is 20.1. The molecule has 0 spiro atoms. The van der Waals surface area contributed by atoms with E-state index in [2.05, 4.69) is 20.0 Å². The highest BCUT2D eigenvalue weighted by Gasteiger charge is 2.22. The zero-order valence-corrected chi connectivity index (χ0v) is 11.8. The number of alkyl halides is 1. The average Bonchev–Trinajstić information content (AvgIpc) is 2.81. The Hall–Kier alpha value is -1.36. The van der Waals surface area contributed by atoms with Crippen molar-refractivity contribution in [3.8, 4) is 0 Å². The lowest BCUT2D eigenvalue weighted by molar-refractivity contribution is 0.405. The maximum absolute atomic E-state index is 5.87. The van der Waals surface area contributed by atoms with Crippen LogP contribution in [0.4, 0.5) is 5.82 Å². The van der Waals surface area contributed by atoms with Gasteiger partial charge in [0.2, 0.25) is 0 Å². The molecule has 3 heterocycles. The van der Waals surface area contributed by atoms with E-state index in [1.807, 2.05) is 13.2 Å². The summed E-state index contributed by atoms with van der Waals surface area (Å²) in [6.45, 7) is 2.09. The summed E-state index contributed by atoms with van der Waals surface area (Å²) in [5.41, 5.74) is 0.893. The maximum Gasteiger partial charge on any atom is 0.163 e. The fraction of sp³-hybridized carbons (Fsp3) is 0.615. The molecule has 1 aliphatic heterocycles. The fourth-order valence-corrected chi connectivity index (χ4v) is 3.16. The molecule has 1 unspecified atom stereocenters. The van der Waals surface area contributed by atoms with Gasteiger partial charge < -0.3 is 4.90 Å². The first kappa shape index (κ1) is 12.7. The number of aromatic nitrogens is 4. The zero-order chi connectivity index (χ0) is 13.2. The van der Waals surface area contributed by atoms with Crippen LogP contribution in [0.2, 0.25) is 0 Å². The van der Waals surface area contributed by atoms with Crippen LogP contribution in [-0.4, -0.2) is 38.7 Å². The summed E-state index contributed by atoms with van der Waals surface area (Å²) in [5.74, 6) is 2.43. The van der Waals surface area contributed by atoms with Gasteiger partial charge in [0.25, 0.3) is 0 Å². The summed E-state index contributed by atoms with van der Waals surface area (Å²) >= 11 is 5.87. The van der Waals surface area contributed by atoms with Gasteiger partial charge in [0, 0.05) is 26.0 Å². The average molecular weight is 280 g/mol. The molecule has 1 fully saturated rings. The molecule has 0 aliphatic carbocycles. The summed E-state index contributed by atoms with van der Waals surface area (Å²) in [6.07, 6.45) is 7.04. The van der Waals surface area contributed by atoms with Gasteiger partial charge in [-0.1, -0.05) is 0 Å². The van der Waals surface area contributed by atoms with Gasteiger partial charge in [-0.3, -0.25) is 4.68 Å². The van der Waals surface area contributed by atoms with Crippen LogP contribution in [0.3, 0.4) is 0 Å². The monoisotopic (exact) mass is 279 g/mol. The van der Waals surface area contributed by atoms with E-state index in [9.17, 15) is 0 Å². The predicted octanol–water partition coefficient (Wildman–Crippen LogP) is 2.21. The standard InChI is InChI=1S/C13H18ClN5/c1-18-12-11(7-17-18)13(16-9-15-12)19-6-2-3-10(8-19)4-5-14/h7,9-10H,2-6,8H2,1H3. The molecule has 0 radical (unpaired) electrons. The fourth-order valence-electron chi connectivity index (χ4n) is 2.85. The van der Waals surface area contributed by atoms with Gasteiger partial charge in [0.05, 0.1) is 11.6 Å². The summed E-state index contributed by atoms with van der Waals surface area (Å²) in [7, 11) is 1.91. The van der Waals surface area contributed by atoms with Crippen LogP contribution in [0.5, 0.6) is 0 Å². The third-order valence-corrected chi connectivity index (χ3v) is 4.06. The van der Waals surface area contributed by atoms with Crippen molar-refractivity contribution in [1.29, 1.82) is 0 Å². The molecular weight excluding hydrogens is 262 g/mol. The molecule has 1 atom stereocenters. The molecule has 2 aromatic rings. The largest absolute Gasteiger partial charge is 0.356 e. The minimum atomic E-state index is 0.674. The SMILES string of the molecule is Cn1ncc2c(N3CCCC(CCCl)C3)ncnc21.